The van der Waals surface area contributed by atoms with Gasteiger partial charge in [0.2, 0.25) is 0 Å². The highest BCUT2D eigenvalue weighted by atomic mass is 16.4. The molecule has 0 radical (unpaired) electrons. The Labute approximate surface area is 167 Å². The Bertz CT molecular complexity index is 1230. The van der Waals surface area contributed by atoms with E-state index in [2.05, 4.69) is 22.2 Å². The molecule has 1 aromatic carbocycles. The quantitative estimate of drug-likeness (QED) is 0.396. The highest BCUT2D eigenvalue weighted by molar-refractivity contribution is 6.12. The van der Waals surface area contributed by atoms with E-state index in [1.807, 2.05) is 55.5 Å². The number of aliphatic imine (C=N–C) groups is 1. The third kappa shape index (κ3) is 3.33. The second-order valence-corrected chi connectivity index (χ2v) is 7.05. The van der Waals surface area contributed by atoms with Gasteiger partial charge in [-0.2, -0.15) is 5.10 Å². The Balaban J connectivity index is 2.10. The van der Waals surface area contributed by atoms with Crippen molar-refractivity contribution in [3.63, 3.8) is 0 Å². The van der Waals surface area contributed by atoms with Crippen molar-refractivity contribution in [3.05, 3.63) is 65.0 Å². The lowest BCUT2D eigenvalue weighted by molar-refractivity contribution is -0.132. The molecule has 1 atom stereocenters. The number of allylic oxidation sites excluding steroid dienone is 2. The average Bonchev–Trinajstić information content (AvgIpc) is 2.72. The molecule has 29 heavy (non-hydrogen) atoms. The van der Waals surface area contributed by atoms with E-state index in [9.17, 15) is 9.90 Å². The number of benzene rings is 2. The number of nitrogens with one attached hydrogen (secondary N) is 1. The molecule has 0 bridgehead atoms. The SMILES string of the molecule is C=Nc1ccc2c(C3=CCC(C)C=C3C(=O)O)c3ccc(=NNC)cc-3oc2c1. The zero-order chi connectivity index (χ0) is 20.5. The van der Waals surface area contributed by atoms with Crippen LogP contribution in [0.2, 0.25) is 0 Å². The van der Waals surface area contributed by atoms with E-state index in [1.165, 1.54) is 0 Å². The van der Waals surface area contributed by atoms with Crippen molar-refractivity contribution in [1.29, 1.82) is 0 Å². The predicted octanol–water partition coefficient (Wildman–Crippen LogP) is 4.34. The van der Waals surface area contributed by atoms with Crippen molar-refractivity contribution in [1.82, 2.24) is 5.43 Å². The number of rotatable bonds is 4. The highest BCUT2D eigenvalue weighted by Crippen LogP contribution is 2.42. The van der Waals surface area contributed by atoms with Gasteiger partial charge in [0.05, 0.1) is 16.6 Å². The van der Waals surface area contributed by atoms with Gasteiger partial charge in [-0.3, -0.25) is 4.99 Å². The maximum atomic E-state index is 12.0. The molecule has 6 nitrogen and oxygen atoms in total. The van der Waals surface area contributed by atoms with E-state index in [-0.39, 0.29) is 5.92 Å². The van der Waals surface area contributed by atoms with Crippen LogP contribution in [0.5, 0.6) is 0 Å². The van der Waals surface area contributed by atoms with Gasteiger partial charge in [0.25, 0.3) is 0 Å². The van der Waals surface area contributed by atoms with Gasteiger partial charge in [-0.05, 0) is 48.9 Å². The molecule has 146 valence electrons. The molecule has 0 spiro atoms. The summed E-state index contributed by atoms with van der Waals surface area (Å²) < 4.78 is 6.15. The summed E-state index contributed by atoms with van der Waals surface area (Å²) in [4.78, 5) is 16.0. The number of hydrogen-bond donors (Lipinski definition) is 2. The summed E-state index contributed by atoms with van der Waals surface area (Å²) in [5.74, 6) is -0.140. The highest BCUT2D eigenvalue weighted by Gasteiger charge is 2.26. The normalized spacial score (nSPS) is 17.2. The second kappa shape index (κ2) is 7.39. The first-order valence-corrected chi connectivity index (χ1v) is 9.35. The van der Waals surface area contributed by atoms with Crippen molar-refractivity contribution in [2.45, 2.75) is 13.3 Å². The molecule has 0 amide bonds. The van der Waals surface area contributed by atoms with Crippen LogP contribution in [0.15, 0.2) is 68.6 Å². The third-order valence-corrected chi connectivity index (χ3v) is 5.05. The molecular formula is C23H21N3O3. The maximum absolute atomic E-state index is 12.0. The van der Waals surface area contributed by atoms with E-state index in [0.717, 1.165) is 22.9 Å². The number of carboxylic acid groups (broad SMARTS) is 1. The first-order valence-electron chi connectivity index (χ1n) is 9.35. The maximum Gasteiger partial charge on any atom is 0.335 e. The molecule has 0 aromatic heterocycles. The summed E-state index contributed by atoms with van der Waals surface area (Å²) in [6.45, 7) is 5.60. The zero-order valence-corrected chi connectivity index (χ0v) is 16.3. The van der Waals surface area contributed by atoms with Gasteiger partial charge in [0.1, 0.15) is 11.3 Å². The standard InChI is InChI=1S/C23H21N3O3/c1-13-4-7-16(19(10-13)23(27)28)22-17-8-5-14(24-2)11-20(17)29-21-12-15(26-25-3)6-9-18(21)22/h5-13,25H,2,4H2,1,3H3,(H,27,28). The zero-order valence-electron chi connectivity index (χ0n) is 16.3. The van der Waals surface area contributed by atoms with E-state index in [4.69, 9.17) is 4.42 Å². The van der Waals surface area contributed by atoms with Crippen molar-refractivity contribution in [2.75, 3.05) is 7.05 Å². The number of carboxylic acids is 1. The lowest BCUT2D eigenvalue weighted by atomic mass is 9.83. The summed E-state index contributed by atoms with van der Waals surface area (Å²) in [5, 5.41) is 15.6. The Kier molecular flexibility index (Phi) is 4.76. The van der Waals surface area contributed by atoms with Crippen LogP contribution >= 0.6 is 0 Å². The van der Waals surface area contributed by atoms with Crippen molar-refractivity contribution >= 4 is 34.9 Å². The summed E-state index contributed by atoms with van der Waals surface area (Å²) >= 11 is 0. The molecule has 1 aliphatic heterocycles. The van der Waals surface area contributed by atoms with Crippen LogP contribution in [0.3, 0.4) is 0 Å². The predicted molar refractivity (Wildman–Crippen MR) is 114 cm³/mol. The third-order valence-electron chi connectivity index (χ3n) is 5.05. The molecule has 0 saturated heterocycles. The van der Waals surface area contributed by atoms with E-state index < -0.39 is 5.97 Å². The molecule has 3 aliphatic rings. The van der Waals surface area contributed by atoms with Gasteiger partial charge < -0.3 is 14.9 Å². The lowest BCUT2D eigenvalue weighted by Gasteiger charge is -2.22. The summed E-state index contributed by atoms with van der Waals surface area (Å²) in [6.07, 6.45) is 4.61. The summed E-state index contributed by atoms with van der Waals surface area (Å²) in [7, 11) is 1.73. The Morgan fingerprint density at radius 3 is 2.83 bits per heavy atom. The monoisotopic (exact) mass is 387 g/mol. The average molecular weight is 387 g/mol. The summed E-state index contributed by atoms with van der Waals surface area (Å²) in [5.41, 5.74) is 6.76. The fourth-order valence-corrected chi connectivity index (χ4v) is 3.73. The molecular weight excluding hydrogens is 366 g/mol. The van der Waals surface area contributed by atoms with Crippen molar-refractivity contribution in [3.8, 4) is 11.3 Å². The van der Waals surface area contributed by atoms with Gasteiger partial charge in [-0.1, -0.05) is 19.1 Å². The molecule has 0 fully saturated rings. The lowest BCUT2D eigenvalue weighted by Crippen LogP contribution is -2.12. The minimum atomic E-state index is -0.934. The van der Waals surface area contributed by atoms with E-state index >= 15 is 0 Å². The molecule has 2 aliphatic carbocycles. The Morgan fingerprint density at radius 1 is 1.28 bits per heavy atom. The number of aliphatic carboxylic acids is 1. The first kappa shape index (κ1) is 18.7. The van der Waals surface area contributed by atoms with Crippen LogP contribution in [0.4, 0.5) is 5.69 Å². The van der Waals surface area contributed by atoms with Gasteiger partial charge in [-0.25, -0.2) is 4.79 Å². The van der Waals surface area contributed by atoms with Gasteiger partial charge in [0.15, 0.2) is 0 Å². The topological polar surface area (TPSA) is 87.2 Å². The van der Waals surface area contributed by atoms with E-state index in [1.54, 1.807) is 7.05 Å². The number of nitrogens with zero attached hydrogens (tertiary/aromatic N) is 2. The number of fused-ring (bicyclic) bond motifs is 2. The van der Waals surface area contributed by atoms with Crippen LogP contribution in [-0.2, 0) is 4.79 Å². The van der Waals surface area contributed by atoms with Crippen molar-refractivity contribution in [2.24, 2.45) is 16.0 Å². The fourth-order valence-electron chi connectivity index (χ4n) is 3.73. The van der Waals surface area contributed by atoms with Crippen LogP contribution < -0.4 is 10.8 Å². The molecule has 1 heterocycles. The minimum absolute atomic E-state index is 0.174. The summed E-state index contributed by atoms with van der Waals surface area (Å²) in [6, 6.07) is 11.2. The molecule has 1 unspecified atom stereocenters. The molecule has 1 aromatic rings. The Hall–Kier alpha value is -3.67. The van der Waals surface area contributed by atoms with Crippen LogP contribution in [0.25, 0.3) is 27.9 Å². The number of hydrogen-bond acceptors (Lipinski definition) is 5. The second-order valence-electron chi connectivity index (χ2n) is 7.05. The van der Waals surface area contributed by atoms with Gasteiger partial charge in [-0.15, -0.1) is 0 Å². The first-order chi connectivity index (χ1) is 14.0. The Morgan fingerprint density at radius 2 is 2.10 bits per heavy atom. The molecule has 2 N–H and O–H groups in total. The molecule has 0 saturated carbocycles. The largest absolute Gasteiger partial charge is 0.478 e. The molecule has 6 heteroatoms. The van der Waals surface area contributed by atoms with Gasteiger partial charge >= 0.3 is 5.97 Å². The van der Waals surface area contributed by atoms with Crippen molar-refractivity contribution < 1.29 is 14.3 Å². The van der Waals surface area contributed by atoms with Crippen LogP contribution in [0.1, 0.15) is 18.9 Å². The van der Waals surface area contributed by atoms with Crippen LogP contribution in [0, 0.1) is 5.92 Å². The molecule has 4 rings (SSSR count). The fraction of sp³-hybridized carbons (Fsp3) is 0.174. The number of carbonyl (C=O) groups is 1. The van der Waals surface area contributed by atoms with Crippen LogP contribution in [-0.4, -0.2) is 24.8 Å². The minimum Gasteiger partial charge on any atom is -0.478 e. The van der Waals surface area contributed by atoms with E-state index in [0.29, 0.717) is 33.5 Å². The van der Waals surface area contributed by atoms with Gasteiger partial charge in [0, 0.05) is 35.7 Å². The smallest absolute Gasteiger partial charge is 0.335 e.